The number of amides is 2. The van der Waals surface area contributed by atoms with Crippen LogP contribution < -0.4 is 21.9 Å². The van der Waals surface area contributed by atoms with Gasteiger partial charge in [0.05, 0.1) is 10.9 Å². The van der Waals surface area contributed by atoms with Gasteiger partial charge in [-0.05, 0) is 56.5 Å². The molecule has 180 valence electrons. The van der Waals surface area contributed by atoms with Gasteiger partial charge in [0.2, 0.25) is 11.8 Å². The molecule has 0 fully saturated rings. The zero-order valence-corrected chi connectivity index (χ0v) is 19.3. The largest absolute Gasteiger partial charge is 0.354 e. The van der Waals surface area contributed by atoms with Crippen LogP contribution in [0.3, 0.4) is 0 Å². The van der Waals surface area contributed by atoms with Crippen LogP contribution in [0.4, 0.5) is 4.39 Å². The molecular weight excluding hydrogens is 439 g/mol. The van der Waals surface area contributed by atoms with Crippen molar-refractivity contribution in [2.75, 3.05) is 0 Å². The number of fused-ring (bicyclic) bond motifs is 1. The van der Waals surface area contributed by atoms with Gasteiger partial charge in [0.25, 0.3) is 5.56 Å². The summed E-state index contributed by atoms with van der Waals surface area (Å²) in [7, 11) is 0. The number of benzene rings is 2. The Morgan fingerprint density at radius 2 is 1.65 bits per heavy atom. The Morgan fingerprint density at radius 1 is 0.941 bits per heavy atom. The van der Waals surface area contributed by atoms with Crippen LogP contribution in [0.15, 0.2) is 58.1 Å². The number of nitrogens with zero attached hydrogens (tertiary/aromatic N) is 2. The van der Waals surface area contributed by atoms with Crippen molar-refractivity contribution >= 4 is 22.7 Å². The van der Waals surface area contributed by atoms with Gasteiger partial charge >= 0.3 is 5.69 Å². The fourth-order valence-corrected chi connectivity index (χ4v) is 3.67. The summed E-state index contributed by atoms with van der Waals surface area (Å²) in [5, 5.41) is 5.87. The average molecular weight is 469 g/mol. The summed E-state index contributed by atoms with van der Waals surface area (Å²) >= 11 is 0. The highest BCUT2D eigenvalue weighted by atomic mass is 19.1. The highest BCUT2D eigenvalue weighted by Gasteiger charge is 2.15. The van der Waals surface area contributed by atoms with Crippen molar-refractivity contribution in [1.29, 1.82) is 0 Å². The van der Waals surface area contributed by atoms with Crippen LogP contribution in [0.1, 0.15) is 38.7 Å². The van der Waals surface area contributed by atoms with Gasteiger partial charge in [-0.3, -0.25) is 23.5 Å². The summed E-state index contributed by atoms with van der Waals surface area (Å²) in [4.78, 5) is 50.5. The van der Waals surface area contributed by atoms with E-state index in [2.05, 4.69) is 10.6 Å². The first kappa shape index (κ1) is 24.9. The molecule has 8 nitrogen and oxygen atoms in total. The summed E-state index contributed by atoms with van der Waals surface area (Å²) in [5.41, 5.74) is 0.0999. The molecule has 0 aliphatic rings. The summed E-state index contributed by atoms with van der Waals surface area (Å²) in [6, 6.07) is 12.5. The van der Waals surface area contributed by atoms with Crippen molar-refractivity contribution in [3.05, 3.63) is 80.7 Å². The molecular formula is C25H29FN4O4. The SMILES string of the molecule is CC(C)NC(=O)CCCCn1c(=O)c2ccccc2n(CC(=O)NCc2ccc(F)cc2)c1=O. The average Bonchev–Trinajstić information content (AvgIpc) is 2.80. The van der Waals surface area contributed by atoms with Crippen molar-refractivity contribution in [2.45, 2.75) is 58.8 Å². The monoisotopic (exact) mass is 468 g/mol. The van der Waals surface area contributed by atoms with Crippen molar-refractivity contribution in [3.63, 3.8) is 0 Å². The number of rotatable bonds is 10. The van der Waals surface area contributed by atoms with Crippen molar-refractivity contribution in [1.82, 2.24) is 19.8 Å². The molecule has 2 amide bonds. The summed E-state index contributed by atoms with van der Waals surface area (Å²) < 4.78 is 15.5. The van der Waals surface area contributed by atoms with Crippen LogP contribution in [0.5, 0.6) is 0 Å². The number of hydrogen-bond acceptors (Lipinski definition) is 4. The van der Waals surface area contributed by atoms with E-state index < -0.39 is 17.2 Å². The van der Waals surface area contributed by atoms with E-state index in [-0.39, 0.29) is 37.4 Å². The standard InChI is InChI=1S/C25H29FN4O4/c1-17(2)28-22(31)9-5-6-14-29-24(33)20-7-3-4-8-21(20)30(25(29)34)16-23(32)27-15-18-10-12-19(26)13-11-18/h3-4,7-8,10-13,17H,5-6,9,14-16H2,1-2H3,(H,27,32)(H,28,31). The smallest absolute Gasteiger partial charge is 0.331 e. The number of halogens is 1. The number of para-hydroxylation sites is 1. The second kappa shape index (κ2) is 11.4. The van der Waals surface area contributed by atoms with Crippen LogP contribution in [0.2, 0.25) is 0 Å². The van der Waals surface area contributed by atoms with E-state index in [1.165, 1.54) is 16.7 Å². The summed E-state index contributed by atoms with van der Waals surface area (Å²) in [6.07, 6.45) is 1.30. The topological polar surface area (TPSA) is 102 Å². The Hall–Kier alpha value is -3.75. The maximum atomic E-state index is 13.1. The molecule has 0 unspecified atom stereocenters. The third-order valence-electron chi connectivity index (χ3n) is 5.32. The number of unbranched alkanes of at least 4 members (excludes halogenated alkanes) is 1. The van der Waals surface area contributed by atoms with E-state index in [9.17, 15) is 23.6 Å². The normalized spacial score (nSPS) is 11.1. The Morgan fingerprint density at radius 3 is 2.35 bits per heavy atom. The number of carbonyl (C=O) groups excluding carboxylic acids is 2. The van der Waals surface area contributed by atoms with E-state index in [0.29, 0.717) is 30.2 Å². The van der Waals surface area contributed by atoms with E-state index >= 15 is 0 Å². The van der Waals surface area contributed by atoms with Gasteiger partial charge < -0.3 is 10.6 Å². The van der Waals surface area contributed by atoms with Crippen molar-refractivity contribution in [2.24, 2.45) is 0 Å². The summed E-state index contributed by atoms with van der Waals surface area (Å²) in [6.45, 7) is 3.83. The lowest BCUT2D eigenvalue weighted by atomic mass is 10.2. The molecule has 2 aromatic carbocycles. The van der Waals surface area contributed by atoms with Gasteiger partial charge in [-0.1, -0.05) is 24.3 Å². The Kier molecular flexibility index (Phi) is 8.34. The third kappa shape index (κ3) is 6.40. The van der Waals surface area contributed by atoms with E-state index in [0.717, 1.165) is 10.1 Å². The maximum absolute atomic E-state index is 13.1. The molecule has 0 atom stereocenters. The van der Waals surface area contributed by atoms with Gasteiger partial charge in [0.1, 0.15) is 12.4 Å². The third-order valence-corrected chi connectivity index (χ3v) is 5.32. The van der Waals surface area contributed by atoms with E-state index in [1.807, 2.05) is 13.8 Å². The molecule has 0 spiro atoms. The van der Waals surface area contributed by atoms with Crippen molar-refractivity contribution < 1.29 is 14.0 Å². The molecule has 9 heteroatoms. The lowest BCUT2D eigenvalue weighted by Gasteiger charge is -2.14. The maximum Gasteiger partial charge on any atom is 0.331 e. The second-order valence-electron chi connectivity index (χ2n) is 8.43. The molecule has 3 rings (SSSR count). The van der Waals surface area contributed by atoms with Gasteiger partial charge in [-0.15, -0.1) is 0 Å². The number of aromatic nitrogens is 2. The highest BCUT2D eigenvalue weighted by molar-refractivity contribution is 5.81. The Bertz CT molecular complexity index is 1280. The van der Waals surface area contributed by atoms with Crippen LogP contribution >= 0.6 is 0 Å². The molecule has 0 saturated carbocycles. The lowest BCUT2D eigenvalue weighted by Crippen LogP contribution is -2.42. The molecule has 0 aliphatic carbocycles. The molecule has 3 aromatic rings. The lowest BCUT2D eigenvalue weighted by molar-refractivity contribution is -0.122. The van der Waals surface area contributed by atoms with Gasteiger partial charge in [-0.25, -0.2) is 9.18 Å². The minimum atomic E-state index is -0.577. The molecule has 0 radical (unpaired) electrons. The first-order chi connectivity index (χ1) is 16.3. The van der Waals surface area contributed by atoms with E-state index in [1.54, 1.807) is 36.4 Å². The molecule has 1 heterocycles. The molecule has 0 saturated heterocycles. The van der Waals surface area contributed by atoms with Gasteiger partial charge in [0, 0.05) is 25.6 Å². The van der Waals surface area contributed by atoms with Crippen LogP contribution in [0.25, 0.3) is 10.9 Å². The van der Waals surface area contributed by atoms with Crippen LogP contribution in [-0.2, 0) is 29.2 Å². The van der Waals surface area contributed by atoms with Gasteiger partial charge in [-0.2, -0.15) is 0 Å². The minimum absolute atomic E-state index is 0.0528. The first-order valence-corrected chi connectivity index (χ1v) is 11.3. The molecule has 0 bridgehead atoms. The fraction of sp³-hybridized carbons (Fsp3) is 0.360. The fourth-order valence-electron chi connectivity index (χ4n) is 3.67. The zero-order valence-electron chi connectivity index (χ0n) is 19.3. The van der Waals surface area contributed by atoms with E-state index in [4.69, 9.17) is 0 Å². The minimum Gasteiger partial charge on any atom is -0.354 e. The predicted octanol–water partition coefficient (Wildman–Crippen LogP) is 2.31. The molecule has 2 N–H and O–H groups in total. The summed E-state index contributed by atoms with van der Waals surface area (Å²) in [5.74, 6) is -0.848. The quantitative estimate of drug-likeness (QED) is 0.446. The number of nitrogens with one attached hydrogen (secondary N) is 2. The van der Waals surface area contributed by atoms with Crippen LogP contribution in [0, 0.1) is 5.82 Å². The molecule has 1 aromatic heterocycles. The van der Waals surface area contributed by atoms with Gasteiger partial charge in [0.15, 0.2) is 0 Å². The molecule has 34 heavy (non-hydrogen) atoms. The number of hydrogen-bond donors (Lipinski definition) is 2. The highest BCUT2D eigenvalue weighted by Crippen LogP contribution is 2.08. The predicted molar refractivity (Wildman–Crippen MR) is 128 cm³/mol. The van der Waals surface area contributed by atoms with Crippen molar-refractivity contribution in [3.8, 4) is 0 Å². The second-order valence-corrected chi connectivity index (χ2v) is 8.43. The first-order valence-electron chi connectivity index (χ1n) is 11.3. The Balaban J connectivity index is 1.76. The zero-order chi connectivity index (χ0) is 24.7. The Labute approximate surface area is 196 Å². The molecule has 0 aliphatic heterocycles. The van der Waals surface area contributed by atoms with Crippen LogP contribution in [-0.4, -0.2) is 27.0 Å². The number of carbonyl (C=O) groups is 2.